The molecule has 0 saturated heterocycles. The summed E-state index contributed by atoms with van der Waals surface area (Å²) in [6.45, 7) is 4.31. The largest absolute Gasteiger partial charge is 0.394 e. The standard InChI is InChI=1S/C51H97NO3/c1-3-5-7-9-11-13-15-17-19-21-22-23-24-25-26-27-28-29-31-33-35-37-39-41-43-45-47-51(55)52-49(48-53)50(54)46-44-42-40-38-36-34-32-30-20-18-16-14-12-10-8-6-4-2/h25-26,36,38,44,46,49-50,53-54H,3-24,27-35,37,39-43,45,47-48H2,1-2H3,(H,52,55)/b26-25-,38-36+,46-44+. The van der Waals surface area contributed by atoms with Crippen molar-refractivity contribution in [1.82, 2.24) is 5.32 Å². The molecular formula is C51H97NO3. The van der Waals surface area contributed by atoms with Gasteiger partial charge in [0, 0.05) is 6.42 Å². The number of carbonyl (C=O) groups excluding carboxylic acids is 1. The van der Waals surface area contributed by atoms with Crippen molar-refractivity contribution in [1.29, 1.82) is 0 Å². The van der Waals surface area contributed by atoms with Crippen molar-refractivity contribution in [3.8, 4) is 0 Å². The van der Waals surface area contributed by atoms with E-state index in [0.717, 1.165) is 32.1 Å². The zero-order valence-corrected chi connectivity index (χ0v) is 37.2. The Morgan fingerprint density at radius 2 is 0.709 bits per heavy atom. The summed E-state index contributed by atoms with van der Waals surface area (Å²) < 4.78 is 0. The van der Waals surface area contributed by atoms with Gasteiger partial charge in [-0.1, -0.05) is 237 Å². The Hall–Kier alpha value is -1.39. The maximum absolute atomic E-state index is 12.4. The van der Waals surface area contributed by atoms with Gasteiger partial charge in [-0.3, -0.25) is 4.79 Å². The predicted molar refractivity (Wildman–Crippen MR) is 244 cm³/mol. The lowest BCUT2D eigenvalue weighted by Crippen LogP contribution is -2.45. The lowest BCUT2D eigenvalue weighted by atomic mass is 10.0. The first-order chi connectivity index (χ1) is 27.2. The van der Waals surface area contributed by atoms with Crippen molar-refractivity contribution in [2.24, 2.45) is 0 Å². The summed E-state index contributed by atoms with van der Waals surface area (Å²) in [5.74, 6) is -0.0731. The van der Waals surface area contributed by atoms with Crippen LogP contribution in [0, 0.1) is 0 Å². The minimum atomic E-state index is -0.861. The summed E-state index contributed by atoms with van der Waals surface area (Å²) in [5.41, 5.74) is 0. The van der Waals surface area contributed by atoms with Crippen LogP contribution in [0.2, 0.25) is 0 Å². The van der Waals surface area contributed by atoms with Gasteiger partial charge >= 0.3 is 0 Å². The van der Waals surface area contributed by atoms with Gasteiger partial charge in [-0.05, 0) is 57.8 Å². The molecule has 55 heavy (non-hydrogen) atoms. The van der Waals surface area contributed by atoms with Crippen molar-refractivity contribution in [2.75, 3.05) is 6.61 Å². The zero-order chi connectivity index (χ0) is 40.0. The molecule has 0 aromatic rings. The van der Waals surface area contributed by atoms with Crippen molar-refractivity contribution in [3.63, 3.8) is 0 Å². The number of carbonyl (C=O) groups is 1. The van der Waals surface area contributed by atoms with Crippen LogP contribution in [0.5, 0.6) is 0 Å². The van der Waals surface area contributed by atoms with Crippen LogP contribution < -0.4 is 5.32 Å². The third-order valence-electron chi connectivity index (χ3n) is 11.3. The summed E-state index contributed by atoms with van der Waals surface area (Å²) in [7, 11) is 0. The van der Waals surface area contributed by atoms with Crippen LogP contribution in [0.15, 0.2) is 36.5 Å². The van der Waals surface area contributed by atoms with Crippen molar-refractivity contribution in [2.45, 2.75) is 276 Å². The van der Waals surface area contributed by atoms with E-state index in [1.807, 2.05) is 6.08 Å². The molecule has 0 heterocycles. The van der Waals surface area contributed by atoms with Crippen LogP contribution in [-0.2, 0) is 4.79 Å². The molecule has 0 aromatic carbocycles. The Morgan fingerprint density at radius 1 is 0.418 bits per heavy atom. The summed E-state index contributed by atoms with van der Waals surface area (Å²) in [4.78, 5) is 12.4. The number of aliphatic hydroxyl groups excluding tert-OH is 2. The van der Waals surface area contributed by atoms with Gasteiger partial charge in [0.05, 0.1) is 18.8 Å². The second kappa shape index (κ2) is 47.0. The first-order valence-electron chi connectivity index (χ1n) is 24.7. The third-order valence-corrected chi connectivity index (χ3v) is 11.3. The molecule has 0 aliphatic heterocycles. The molecule has 0 rings (SSSR count). The number of amides is 1. The highest BCUT2D eigenvalue weighted by molar-refractivity contribution is 5.76. The summed E-state index contributed by atoms with van der Waals surface area (Å²) in [5, 5.41) is 23.0. The van der Waals surface area contributed by atoms with E-state index in [1.54, 1.807) is 6.08 Å². The number of unbranched alkanes of at least 4 members (excludes halogenated alkanes) is 34. The highest BCUT2D eigenvalue weighted by atomic mass is 16.3. The number of hydrogen-bond acceptors (Lipinski definition) is 3. The monoisotopic (exact) mass is 772 g/mol. The predicted octanol–water partition coefficient (Wildman–Crippen LogP) is 15.7. The van der Waals surface area contributed by atoms with Gasteiger partial charge in [0.25, 0.3) is 0 Å². The van der Waals surface area contributed by atoms with Gasteiger partial charge in [-0.2, -0.15) is 0 Å². The molecule has 4 nitrogen and oxygen atoms in total. The molecule has 3 N–H and O–H groups in total. The molecule has 0 aliphatic rings. The van der Waals surface area contributed by atoms with Crippen molar-refractivity contribution < 1.29 is 15.0 Å². The Morgan fingerprint density at radius 3 is 1.05 bits per heavy atom. The van der Waals surface area contributed by atoms with Gasteiger partial charge < -0.3 is 15.5 Å². The van der Waals surface area contributed by atoms with Gasteiger partial charge in [-0.15, -0.1) is 0 Å². The van der Waals surface area contributed by atoms with Crippen LogP contribution in [0.1, 0.15) is 264 Å². The smallest absolute Gasteiger partial charge is 0.220 e. The van der Waals surface area contributed by atoms with Crippen LogP contribution in [0.4, 0.5) is 0 Å². The average Bonchev–Trinajstić information content (AvgIpc) is 3.19. The van der Waals surface area contributed by atoms with E-state index in [-0.39, 0.29) is 12.5 Å². The Balaban J connectivity index is 3.54. The second-order valence-electron chi connectivity index (χ2n) is 16.9. The highest BCUT2D eigenvalue weighted by Crippen LogP contribution is 2.15. The molecule has 0 bridgehead atoms. The minimum absolute atomic E-state index is 0.0731. The molecule has 0 aromatic heterocycles. The number of nitrogens with one attached hydrogen (secondary N) is 1. The van der Waals surface area contributed by atoms with Gasteiger partial charge in [-0.25, -0.2) is 0 Å². The molecule has 1 amide bonds. The molecule has 0 spiro atoms. The molecule has 2 unspecified atom stereocenters. The first-order valence-corrected chi connectivity index (χ1v) is 24.7. The Kier molecular flexibility index (Phi) is 45.8. The lowest BCUT2D eigenvalue weighted by Gasteiger charge is -2.19. The molecule has 0 aliphatic carbocycles. The fourth-order valence-corrected chi connectivity index (χ4v) is 7.54. The zero-order valence-electron chi connectivity index (χ0n) is 37.2. The normalized spacial score (nSPS) is 13.2. The highest BCUT2D eigenvalue weighted by Gasteiger charge is 2.17. The number of hydrogen-bond donors (Lipinski definition) is 3. The summed E-state index contributed by atoms with van der Waals surface area (Å²) >= 11 is 0. The maximum Gasteiger partial charge on any atom is 0.220 e. The number of rotatable bonds is 45. The van der Waals surface area contributed by atoms with E-state index < -0.39 is 12.1 Å². The van der Waals surface area contributed by atoms with Crippen LogP contribution in [0.3, 0.4) is 0 Å². The summed E-state index contributed by atoms with van der Waals surface area (Å²) in [6.07, 6.45) is 62.8. The molecule has 2 atom stereocenters. The van der Waals surface area contributed by atoms with E-state index in [2.05, 4.69) is 43.5 Å². The Labute approximate surface area is 344 Å². The average molecular weight is 772 g/mol. The fraction of sp³-hybridized carbons (Fsp3) is 0.863. The number of aliphatic hydroxyl groups is 2. The van der Waals surface area contributed by atoms with E-state index >= 15 is 0 Å². The van der Waals surface area contributed by atoms with Crippen LogP contribution >= 0.6 is 0 Å². The second-order valence-corrected chi connectivity index (χ2v) is 16.9. The third kappa shape index (κ3) is 43.6. The molecular weight excluding hydrogens is 675 g/mol. The number of allylic oxidation sites excluding steroid dienone is 5. The summed E-state index contributed by atoms with van der Waals surface area (Å²) in [6, 6.07) is -0.638. The van der Waals surface area contributed by atoms with E-state index in [1.165, 1.54) is 212 Å². The van der Waals surface area contributed by atoms with Gasteiger partial charge in [0.2, 0.25) is 5.91 Å². The SMILES string of the molecule is CCCCCCCCCCCCC/C=C/CC/C=C/C(O)C(CO)NC(=O)CCCCCCCCCCCC/C=C\CCCCCCCCCCCCCC. The van der Waals surface area contributed by atoms with Crippen molar-refractivity contribution in [3.05, 3.63) is 36.5 Å². The van der Waals surface area contributed by atoms with Gasteiger partial charge in [0.15, 0.2) is 0 Å². The molecule has 0 fully saturated rings. The van der Waals surface area contributed by atoms with Crippen molar-refractivity contribution >= 4 is 5.91 Å². The van der Waals surface area contributed by atoms with Crippen LogP contribution in [-0.4, -0.2) is 34.9 Å². The fourth-order valence-electron chi connectivity index (χ4n) is 7.54. The molecule has 4 heteroatoms. The molecule has 0 saturated carbocycles. The molecule has 0 radical (unpaired) electrons. The first kappa shape index (κ1) is 53.6. The molecule has 324 valence electrons. The van der Waals surface area contributed by atoms with E-state index in [9.17, 15) is 15.0 Å². The Bertz CT molecular complexity index is 836. The van der Waals surface area contributed by atoms with Gasteiger partial charge in [0.1, 0.15) is 0 Å². The lowest BCUT2D eigenvalue weighted by molar-refractivity contribution is -0.123. The minimum Gasteiger partial charge on any atom is -0.394 e. The quantitative estimate of drug-likeness (QED) is 0.0426. The maximum atomic E-state index is 12.4. The van der Waals surface area contributed by atoms with Crippen LogP contribution in [0.25, 0.3) is 0 Å². The van der Waals surface area contributed by atoms with E-state index in [4.69, 9.17) is 0 Å². The topological polar surface area (TPSA) is 69.6 Å². The van der Waals surface area contributed by atoms with E-state index in [0.29, 0.717) is 6.42 Å².